The van der Waals surface area contributed by atoms with Crippen LogP contribution in [-0.4, -0.2) is 46.1 Å². The highest BCUT2D eigenvalue weighted by Gasteiger charge is 2.13. The maximum absolute atomic E-state index is 12.0. The second-order valence-electron chi connectivity index (χ2n) is 3.84. The Labute approximate surface area is 113 Å². The summed E-state index contributed by atoms with van der Waals surface area (Å²) in [7, 11) is 1.63. The molecule has 1 N–H and O–H groups in total. The molecule has 0 unspecified atom stereocenters. The molecular weight excluding hydrogens is 298 g/mol. The van der Waals surface area contributed by atoms with Crippen molar-refractivity contribution in [2.75, 3.05) is 20.2 Å². The zero-order chi connectivity index (χ0) is 13.1. The summed E-state index contributed by atoms with van der Waals surface area (Å²) in [5, 5.41) is 9.68. The normalized spacial score (nSPS) is 10.6. The lowest BCUT2D eigenvalue weighted by Crippen LogP contribution is -2.30. The van der Waals surface area contributed by atoms with Gasteiger partial charge in [0.1, 0.15) is 5.69 Å². The molecule has 0 fully saturated rings. The van der Waals surface area contributed by atoms with E-state index in [1.54, 1.807) is 31.6 Å². The molecule has 0 aromatic carbocycles. The van der Waals surface area contributed by atoms with Crippen molar-refractivity contribution in [2.24, 2.45) is 0 Å². The summed E-state index contributed by atoms with van der Waals surface area (Å²) in [4.78, 5) is 21.8. The van der Waals surface area contributed by atoms with E-state index in [1.807, 2.05) is 0 Å². The fraction of sp³-hybridized carbons (Fsp3) is 0.250. The van der Waals surface area contributed by atoms with E-state index in [1.165, 1.54) is 4.90 Å². The molecule has 18 heavy (non-hydrogen) atoms. The number of hydrogen-bond donors (Lipinski definition) is 1. The summed E-state index contributed by atoms with van der Waals surface area (Å²) in [5.41, 5.74) is 1.05. The van der Waals surface area contributed by atoms with E-state index in [4.69, 9.17) is 5.11 Å². The van der Waals surface area contributed by atoms with Gasteiger partial charge in [0.25, 0.3) is 5.91 Å². The maximum atomic E-state index is 12.0. The average molecular weight is 310 g/mol. The van der Waals surface area contributed by atoms with Crippen LogP contribution in [-0.2, 0) is 0 Å². The molecule has 0 spiro atoms. The van der Waals surface area contributed by atoms with Gasteiger partial charge in [0.05, 0.1) is 16.6 Å². The van der Waals surface area contributed by atoms with Gasteiger partial charge < -0.3 is 10.0 Å². The number of hydrogen-bond acceptors (Lipinski definition) is 4. The molecule has 0 bridgehead atoms. The van der Waals surface area contributed by atoms with Crippen LogP contribution < -0.4 is 0 Å². The van der Waals surface area contributed by atoms with Gasteiger partial charge in [-0.25, -0.2) is 4.98 Å². The Morgan fingerprint density at radius 2 is 2.22 bits per heavy atom. The molecule has 0 aliphatic heterocycles. The van der Waals surface area contributed by atoms with E-state index in [0.717, 1.165) is 9.86 Å². The number of halogens is 1. The molecule has 94 valence electrons. The van der Waals surface area contributed by atoms with E-state index in [-0.39, 0.29) is 19.1 Å². The number of amides is 1. The average Bonchev–Trinajstić information content (AvgIpc) is 2.38. The van der Waals surface area contributed by atoms with Crippen molar-refractivity contribution in [3.05, 3.63) is 34.7 Å². The number of fused-ring (bicyclic) bond motifs is 1. The first-order valence-electron chi connectivity index (χ1n) is 5.40. The Bertz CT molecular complexity index is 589. The molecule has 5 nitrogen and oxygen atoms in total. The second-order valence-corrected chi connectivity index (χ2v) is 4.69. The van der Waals surface area contributed by atoms with Gasteiger partial charge in [0.15, 0.2) is 0 Å². The standard InChI is InChI=1S/C12H12BrN3O2/c1-16(4-5-17)12(18)10-3-2-8-6-14-7-9(13)11(8)15-10/h2-3,6-7,17H,4-5H2,1H3. The third kappa shape index (κ3) is 2.49. The molecule has 0 aliphatic carbocycles. The number of rotatable bonds is 3. The predicted octanol–water partition coefficient (Wildman–Crippen LogP) is 1.46. The van der Waals surface area contributed by atoms with Gasteiger partial charge in [0, 0.05) is 31.4 Å². The number of pyridine rings is 2. The molecule has 2 aromatic heterocycles. The van der Waals surface area contributed by atoms with Crippen LogP contribution in [0, 0.1) is 0 Å². The summed E-state index contributed by atoms with van der Waals surface area (Å²) in [6.45, 7) is 0.222. The molecule has 2 rings (SSSR count). The minimum Gasteiger partial charge on any atom is -0.395 e. The van der Waals surface area contributed by atoms with Gasteiger partial charge in [-0.2, -0.15) is 0 Å². The van der Waals surface area contributed by atoms with Crippen molar-refractivity contribution in [2.45, 2.75) is 0 Å². The van der Waals surface area contributed by atoms with Crippen LogP contribution >= 0.6 is 15.9 Å². The molecule has 0 saturated heterocycles. The highest BCUT2D eigenvalue weighted by atomic mass is 79.9. The fourth-order valence-corrected chi connectivity index (χ4v) is 2.01. The molecule has 0 saturated carbocycles. The summed E-state index contributed by atoms with van der Waals surface area (Å²) >= 11 is 3.36. The second kappa shape index (κ2) is 5.41. The molecular formula is C12H12BrN3O2. The van der Waals surface area contributed by atoms with Crippen molar-refractivity contribution in [1.29, 1.82) is 0 Å². The lowest BCUT2D eigenvalue weighted by atomic mass is 10.2. The molecule has 0 radical (unpaired) electrons. The third-order valence-electron chi connectivity index (χ3n) is 2.56. The van der Waals surface area contributed by atoms with Crippen LogP contribution in [0.3, 0.4) is 0 Å². The predicted molar refractivity (Wildman–Crippen MR) is 71.3 cm³/mol. The largest absolute Gasteiger partial charge is 0.395 e. The first-order valence-corrected chi connectivity index (χ1v) is 6.19. The summed E-state index contributed by atoms with van der Waals surface area (Å²) < 4.78 is 0.750. The quantitative estimate of drug-likeness (QED) is 0.932. The molecule has 6 heteroatoms. The molecule has 2 aromatic rings. The van der Waals surface area contributed by atoms with Crippen molar-refractivity contribution < 1.29 is 9.90 Å². The summed E-state index contributed by atoms with van der Waals surface area (Å²) in [5.74, 6) is -0.213. The number of carbonyl (C=O) groups excluding carboxylic acids is 1. The van der Waals surface area contributed by atoms with Crippen molar-refractivity contribution >= 4 is 32.7 Å². The van der Waals surface area contributed by atoms with Gasteiger partial charge in [-0.15, -0.1) is 0 Å². The van der Waals surface area contributed by atoms with E-state index < -0.39 is 0 Å². The van der Waals surface area contributed by atoms with E-state index >= 15 is 0 Å². The van der Waals surface area contributed by atoms with Crippen molar-refractivity contribution in [3.63, 3.8) is 0 Å². The third-order valence-corrected chi connectivity index (χ3v) is 3.14. The summed E-state index contributed by atoms with van der Waals surface area (Å²) in [6, 6.07) is 3.47. The van der Waals surface area contributed by atoms with E-state index in [2.05, 4.69) is 25.9 Å². The highest BCUT2D eigenvalue weighted by Crippen LogP contribution is 2.20. The number of aromatic nitrogens is 2. The van der Waals surface area contributed by atoms with Crippen LogP contribution in [0.25, 0.3) is 10.9 Å². The van der Waals surface area contributed by atoms with Gasteiger partial charge in [-0.3, -0.25) is 9.78 Å². The van der Waals surface area contributed by atoms with Crippen LogP contribution in [0.5, 0.6) is 0 Å². The van der Waals surface area contributed by atoms with Crippen LogP contribution in [0.1, 0.15) is 10.5 Å². The van der Waals surface area contributed by atoms with Crippen LogP contribution in [0.15, 0.2) is 29.0 Å². The number of likely N-dealkylation sites (N-methyl/N-ethyl adjacent to an activating group) is 1. The Morgan fingerprint density at radius 3 is 2.94 bits per heavy atom. The number of aliphatic hydroxyl groups excluding tert-OH is 1. The zero-order valence-electron chi connectivity index (χ0n) is 9.80. The molecule has 0 atom stereocenters. The first-order chi connectivity index (χ1) is 8.63. The van der Waals surface area contributed by atoms with Gasteiger partial charge in [0.2, 0.25) is 0 Å². The van der Waals surface area contributed by atoms with E-state index in [0.29, 0.717) is 11.2 Å². The number of carbonyl (C=O) groups is 1. The Kier molecular flexibility index (Phi) is 3.88. The van der Waals surface area contributed by atoms with Crippen molar-refractivity contribution in [3.8, 4) is 0 Å². The lowest BCUT2D eigenvalue weighted by Gasteiger charge is -2.15. The van der Waals surface area contributed by atoms with Crippen LogP contribution in [0.4, 0.5) is 0 Å². The minimum atomic E-state index is -0.213. The zero-order valence-corrected chi connectivity index (χ0v) is 11.4. The van der Waals surface area contributed by atoms with Crippen molar-refractivity contribution in [1.82, 2.24) is 14.9 Å². The van der Waals surface area contributed by atoms with E-state index in [9.17, 15) is 4.79 Å². The van der Waals surface area contributed by atoms with Gasteiger partial charge in [-0.1, -0.05) is 0 Å². The number of aliphatic hydroxyl groups is 1. The highest BCUT2D eigenvalue weighted by molar-refractivity contribution is 9.10. The Hall–Kier alpha value is -1.53. The first kappa shape index (κ1) is 12.9. The smallest absolute Gasteiger partial charge is 0.272 e. The summed E-state index contributed by atoms with van der Waals surface area (Å²) in [6.07, 6.45) is 3.33. The number of nitrogens with zero attached hydrogens (tertiary/aromatic N) is 3. The lowest BCUT2D eigenvalue weighted by molar-refractivity contribution is 0.0761. The monoisotopic (exact) mass is 309 g/mol. The topological polar surface area (TPSA) is 66.3 Å². The maximum Gasteiger partial charge on any atom is 0.272 e. The Morgan fingerprint density at radius 1 is 1.44 bits per heavy atom. The van der Waals surface area contributed by atoms with Gasteiger partial charge >= 0.3 is 0 Å². The molecule has 1 amide bonds. The molecule has 2 heterocycles. The van der Waals surface area contributed by atoms with Gasteiger partial charge in [-0.05, 0) is 28.1 Å². The Balaban J connectivity index is 2.41. The molecule has 0 aliphatic rings. The minimum absolute atomic E-state index is 0.0660. The SMILES string of the molecule is CN(CCO)C(=O)c1ccc2cncc(Br)c2n1. The van der Waals surface area contributed by atoms with Crippen LogP contribution in [0.2, 0.25) is 0 Å². The fourth-order valence-electron chi connectivity index (χ4n) is 1.58.